The molecule has 0 aliphatic heterocycles. The van der Waals surface area contributed by atoms with Crippen molar-refractivity contribution >= 4 is 10.0 Å². The zero-order valence-electron chi connectivity index (χ0n) is 10.2. The maximum absolute atomic E-state index is 13.6. The molecule has 1 aromatic rings. The smallest absolute Gasteiger partial charge is 0.242 e. The molecule has 0 aromatic carbocycles. The average Bonchev–Trinajstić information content (AvgIpc) is 2.55. The zero-order valence-corrected chi connectivity index (χ0v) is 11.0. The van der Waals surface area contributed by atoms with Gasteiger partial charge in [-0.25, -0.2) is 13.1 Å². The fraction of sp³-hybridized carbons (Fsp3) is 0.600. The topological polar surface area (TPSA) is 77.1 Å². The zero-order chi connectivity index (χ0) is 13.2. The number of aromatic nitrogens is 1. The van der Waals surface area contributed by atoms with Gasteiger partial charge in [-0.2, -0.15) is 4.39 Å². The van der Waals surface area contributed by atoms with Crippen LogP contribution < -0.4 is 10.5 Å². The van der Waals surface area contributed by atoms with Crippen LogP contribution in [0.1, 0.15) is 19.4 Å². The van der Waals surface area contributed by atoms with Crippen LogP contribution in [-0.4, -0.2) is 25.6 Å². The molecule has 0 fully saturated rings. The summed E-state index contributed by atoms with van der Waals surface area (Å²) >= 11 is 0. The molecule has 7 heteroatoms. The Kier molecular flexibility index (Phi) is 4.29. The van der Waals surface area contributed by atoms with E-state index in [0.29, 0.717) is 6.42 Å². The van der Waals surface area contributed by atoms with Crippen molar-refractivity contribution in [1.82, 2.24) is 9.29 Å². The second-order valence-electron chi connectivity index (χ2n) is 3.99. The van der Waals surface area contributed by atoms with E-state index in [-0.39, 0.29) is 23.0 Å². The van der Waals surface area contributed by atoms with Crippen LogP contribution in [0, 0.1) is 5.95 Å². The number of nitrogens with zero attached hydrogens (tertiary/aromatic N) is 1. The lowest BCUT2D eigenvalue weighted by molar-refractivity contribution is 0.523. The van der Waals surface area contributed by atoms with Gasteiger partial charge in [0.1, 0.15) is 4.90 Å². The third kappa shape index (κ3) is 2.85. The summed E-state index contributed by atoms with van der Waals surface area (Å²) in [5.74, 6) is -0.520. The monoisotopic (exact) mass is 263 g/mol. The molecule has 98 valence electrons. The molecule has 0 saturated heterocycles. The number of hydrogen-bond acceptors (Lipinski definition) is 3. The van der Waals surface area contributed by atoms with Crippen LogP contribution in [-0.2, 0) is 23.5 Å². The van der Waals surface area contributed by atoms with Crippen LogP contribution in [0.15, 0.2) is 11.1 Å². The molecule has 0 saturated carbocycles. The van der Waals surface area contributed by atoms with E-state index >= 15 is 0 Å². The van der Waals surface area contributed by atoms with Crippen molar-refractivity contribution in [1.29, 1.82) is 0 Å². The summed E-state index contributed by atoms with van der Waals surface area (Å²) in [6, 6.07) is -0.382. The normalized spacial score (nSPS) is 13.9. The Morgan fingerprint density at radius 3 is 2.65 bits per heavy atom. The molecule has 0 radical (unpaired) electrons. The SMILES string of the molecule is CCc1c(S(=O)(=O)NC(C)CN)cn(C)c1F. The van der Waals surface area contributed by atoms with Crippen molar-refractivity contribution in [3.8, 4) is 0 Å². The molecule has 3 N–H and O–H groups in total. The Balaban J connectivity index is 3.20. The Hall–Kier alpha value is -0.920. The van der Waals surface area contributed by atoms with E-state index in [9.17, 15) is 12.8 Å². The summed E-state index contributed by atoms with van der Waals surface area (Å²) < 4.78 is 41.2. The number of nitrogens with two attached hydrogens (primary N) is 1. The van der Waals surface area contributed by atoms with Crippen LogP contribution >= 0.6 is 0 Å². The summed E-state index contributed by atoms with van der Waals surface area (Å²) in [4.78, 5) is -0.0136. The van der Waals surface area contributed by atoms with E-state index in [1.54, 1.807) is 13.8 Å². The van der Waals surface area contributed by atoms with Gasteiger partial charge in [0.25, 0.3) is 0 Å². The third-order valence-corrected chi connectivity index (χ3v) is 4.16. The molecule has 17 heavy (non-hydrogen) atoms. The second kappa shape index (κ2) is 5.16. The molecule has 5 nitrogen and oxygen atoms in total. The van der Waals surface area contributed by atoms with Crippen LogP contribution in [0.4, 0.5) is 4.39 Å². The molecule has 0 amide bonds. The van der Waals surface area contributed by atoms with E-state index in [2.05, 4.69) is 4.72 Å². The van der Waals surface area contributed by atoms with Crippen molar-refractivity contribution in [3.63, 3.8) is 0 Å². The number of hydrogen-bond donors (Lipinski definition) is 2. The predicted octanol–water partition coefficient (Wildman–Crippen LogP) is 0.352. The molecule has 0 bridgehead atoms. The van der Waals surface area contributed by atoms with Gasteiger partial charge in [0.15, 0.2) is 5.95 Å². The maximum Gasteiger partial charge on any atom is 0.242 e. The molecule has 1 aromatic heterocycles. The third-order valence-electron chi connectivity index (χ3n) is 2.52. The average molecular weight is 263 g/mol. The van der Waals surface area contributed by atoms with Gasteiger partial charge in [-0.3, -0.25) is 0 Å². The van der Waals surface area contributed by atoms with Crippen molar-refractivity contribution in [2.45, 2.75) is 31.2 Å². The van der Waals surface area contributed by atoms with Crippen LogP contribution in [0.3, 0.4) is 0 Å². The first-order chi connectivity index (χ1) is 7.83. The lowest BCUT2D eigenvalue weighted by Crippen LogP contribution is -2.37. The Morgan fingerprint density at radius 1 is 1.59 bits per heavy atom. The van der Waals surface area contributed by atoms with Crippen molar-refractivity contribution < 1.29 is 12.8 Å². The van der Waals surface area contributed by atoms with E-state index in [1.165, 1.54) is 17.8 Å². The highest BCUT2D eigenvalue weighted by Crippen LogP contribution is 2.21. The van der Waals surface area contributed by atoms with Crippen molar-refractivity contribution in [2.75, 3.05) is 6.54 Å². The molecule has 0 aliphatic rings. The first-order valence-electron chi connectivity index (χ1n) is 5.39. The van der Waals surface area contributed by atoms with Gasteiger partial charge in [-0.15, -0.1) is 0 Å². The van der Waals surface area contributed by atoms with Crippen LogP contribution in [0.25, 0.3) is 0 Å². The van der Waals surface area contributed by atoms with Gasteiger partial charge in [0, 0.05) is 31.4 Å². The maximum atomic E-state index is 13.6. The highest BCUT2D eigenvalue weighted by atomic mass is 32.2. The van der Waals surface area contributed by atoms with E-state index in [0.717, 1.165) is 0 Å². The predicted molar refractivity (Wildman–Crippen MR) is 63.6 cm³/mol. The number of rotatable bonds is 5. The fourth-order valence-electron chi connectivity index (χ4n) is 1.55. The summed E-state index contributed by atoms with van der Waals surface area (Å²) in [6.45, 7) is 3.56. The summed E-state index contributed by atoms with van der Waals surface area (Å²) in [5, 5.41) is 0. The largest absolute Gasteiger partial charge is 0.329 e. The standard InChI is InChI=1S/C10H18FN3O2S/c1-4-8-9(6-14(3)10(8)11)17(15,16)13-7(2)5-12/h6-7,13H,4-5,12H2,1-3H3. The fourth-order valence-corrected chi connectivity index (χ4v) is 3.16. The quantitative estimate of drug-likeness (QED) is 0.805. The van der Waals surface area contributed by atoms with Crippen molar-refractivity contribution in [3.05, 3.63) is 17.7 Å². The number of sulfonamides is 1. The minimum atomic E-state index is -3.71. The molecule has 0 spiro atoms. The van der Waals surface area contributed by atoms with Gasteiger partial charge in [-0.1, -0.05) is 6.92 Å². The summed E-state index contributed by atoms with van der Waals surface area (Å²) in [7, 11) is -2.23. The molecular formula is C10H18FN3O2S. The number of aryl methyl sites for hydroxylation is 1. The van der Waals surface area contributed by atoms with Gasteiger partial charge in [-0.05, 0) is 13.3 Å². The van der Waals surface area contributed by atoms with Crippen LogP contribution in [0.5, 0.6) is 0 Å². The van der Waals surface area contributed by atoms with E-state index < -0.39 is 16.0 Å². The summed E-state index contributed by atoms with van der Waals surface area (Å²) in [6.07, 6.45) is 1.60. The first-order valence-corrected chi connectivity index (χ1v) is 6.87. The molecule has 1 unspecified atom stereocenters. The van der Waals surface area contributed by atoms with Crippen LogP contribution in [0.2, 0.25) is 0 Å². The molecule has 1 rings (SSSR count). The lowest BCUT2D eigenvalue weighted by atomic mass is 10.3. The second-order valence-corrected chi connectivity index (χ2v) is 5.67. The van der Waals surface area contributed by atoms with Gasteiger partial charge >= 0.3 is 0 Å². The highest BCUT2D eigenvalue weighted by molar-refractivity contribution is 7.89. The Bertz CT molecular complexity index is 496. The minimum Gasteiger partial charge on any atom is -0.329 e. The summed E-state index contributed by atoms with van der Waals surface area (Å²) in [5.41, 5.74) is 5.56. The Morgan fingerprint density at radius 2 is 2.18 bits per heavy atom. The lowest BCUT2D eigenvalue weighted by Gasteiger charge is -2.11. The molecular weight excluding hydrogens is 245 g/mol. The highest BCUT2D eigenvalue weighted by Gasteiger charge is 2.24. The molecule has 1 heterocycles. The van der Waals surface area contributed by atoms with E-state index in [4.69, 9.17) is 5.73 Å². The van der Waals surface area contributed by atoms with Gasteiger partial charge in [0.2, 0.25) is 10.0 Å². The number of nitrogens with one attached hydrogen (secondary N) is 1. The van der Waals surface area contributed by atoms with Gasteiger partial charge in [0.05, 0.1) is 0 Å². The first kappa shape index (κ1) is 14.1. The number of halogens is 1. The molecule has 1 atom stereocenters. The molecule has 0 aliphatic carbocycles. The minimum absolute atomic E-state index is 0.0136. The Labute approximate surface area is 101 Å². The van der Waals surface area contributed by atoms with E-state index in [1.807, 2.05) is 0 Å². The van der Waals surface area contributed by atoms with Crippen molar-refractivity contribution in [2.24, 2.45) is 12.8 Å². The van der Waals surface area contributed by atoms with Gasteiger partial charge < -0.3 is 10.3 Å².